The van der Waals surface area contributed by atoms with E-state index >= 15 is 0 Å². The van der Waals surface area contributed by atoms with Gasteiger partial charge >= 0.3 is 0 Å². The van der Waals surface area contributed by atoms with E-state index in [1.807, 2.05) is 35.2 Å². The van der Waals surface area contributed by atoms with Gasteiger partial charge in [0.05, 0.1) is 19.0 Å². The minimum atomic E-state index is -0.0725. The lowest BCUT2D eigenvalue weighted by atomic mass is 10.2. The molecule has 0 atom stereocenters. The van der Waals surface area contributed by atoms with Crippen molar-refractivity contribution in [2.45, 2.75) is 6.42 Å². The fourth-order valence-electron chi connectivity index (χ4n) is 1.54. The summed E-state index contributed by atoms with van der Waals surface area (Å²) in [7, 11) is 0. The molecule has 0 saturated carbocycles. The van der Waals surface area contributed by atoms with E-state index < -0.39 is 0 Å². The quantitative estimate of drug-likeness (QED) is 0.742. The van der Waals surface area contributed by atoms with Gasteiger partial charge in [-0.25, -0.2) is 0 Å². The summed E-state index contributed by atoms with van der Waals surface area (Å²) < 4.78 is 0. The van der Waals surface area contributed by atoms with Crippen molar-refractivity contribution >= 4 is 11.6 Å². The van der Waals surface area contributed by atoms with Crippen LogP contribution in [0.15, 0.2) is 43.0 Å². The zero-order valence-corrected chi connectivity index (χ0v) is 10.3. The lowest BCUT2D eigenvalue weighted by Crippen LogP contribution is -2.37. The van der Waals surface area contributed by atoms with Crippen molar-refractivity contribution in [3.05, 3.63) is 43.0 Å². The number of nitriles is 1. The van der Waals surface area contributed by atoms with Crippen LogP contribution in [0.25, 0.3) is 0 Å². The van der Waals surface area contributed by atoms with Crippen molar-refractivity contribution in [3.8, 4) is 6.07 Å². The highest BCUT2D eigenvalue weighted by molar-refractivity contribution is 5.81. The van der Waals surface area contributed by atoms with Crippen molar-refractivity contribution in [1.82, 2.24) is 5.32 Å². The highest BCUT2D eigenvalue weighted by Gasteiger charge is 2.10. The maximum atomic E-state index is 11.7. The number of carbonyl (C=O) groups is 1. The Morgan fingerprint density at radius 3 is 2.78 bits per heavy atom. The predicted molar refractivity (Wildman–Crippen MR) is 72.1 cm³/mol. The van der Waals surface area contributed by atoms with Crippen LogP contribution in [0, 0.1) is 11.3 Å². The smallest absolute Gasteiger partial charge is 0.239 e. The third kappa shape index (κ3) is 4.71. The molecule has 1 N–H and O–H groups in total. The van der Waals surface area contributed by atoms with Crippen LogP contribution in [0.3, 0.4) is 0 Å². The van der Waals surface area contributed by atoms with Gasteiger partial charge in [0.25, 0.3) is 0 Å². The van der Waals surface area contributed by atoms with E-state index in [1.54, 1.807) is 6.08 Å². The summed E-state index contributed by atoms with van der Waals surface area (Å²) in [4.78, 5) is 13.6. The van der Waals surface area contributed by atoms with Gasteiger partial charge in [-0.15, -0.1) is 6.58 Å². The Morgan fingerprint density at radius 2 is 2.17 bits per heavy atom. The normalized spacial score (nSPS) is 9.28. The van der Waals surface area contributed by atoms with E-state index in [4.69, 9.17) is 5.26 Å². The third-order valence-electron chi connectivity index (χ3n) is 2.39. The summed E-state index contributed by atoms with van der Waals surface area (Å²) in [5, 5.41) is 11.4. The molecule has 18 heavy (non-hydrogen) atoms. The average Bonchev–Trinajstić information content (AvgIpc) is 2.42. The van der Waals surface area contributed by atoms with Crippen LogP contribution < -0.4 is 10.2 Å². The predicted octanol–water partition coefficient (Wildman–Crippen LogP) is 1.71. The second kappa shape index (κ2) is 7.91. The fraction of sp³-hybridized carbons (Fsp3) is 0.286. The third-order valence-corrected chi connectivity index (χ3v) is 2.39. The Labute approximate surface area is 108 Å². The molecule has 1 rings (SSSR count). The maximum absolute atomic E-state index is 11.7. The SMILES string of the molecule is C=CCNC(=O)CN(CCC#N)c1ccccc1. The standard InChI is InChI=1S/C14H17N3O/c1-2-10-16-14(18)12-17(11-6-9-15)13-7-4-3-5-8-13/h2-5,7-8H,1,6,10-12H2,(H,16,18). The Morgan fingerprint density at radius 1 is 1.44 bits per heavy atom. The first kappa shape index (κ1) is 13.8. The van der Waals surface area contributed by atoms with Gasteiger partial charge in [0.1, 0.15) is 0 Å². The van der Waals surface area contributed by atoms with E-state index in [0.717, 1.165) is 5.69 Å². The first-order valence-corrected chi connectivity index (χ1v) is 5.82. The number of hydrogen-bond acceptors (Lipinski definition) is 3. The molecule has 0 aliphatic heterocycles. The number of amides is 1. The number of nitrogens with zero attached hydrogens (tertiary/aromatic N) is 2. The minimum absolute atomic E-state index is 0.0725. The molecule has 4 nitrogen and oxygen atoms in total. The van der Waals surface area contributed by atoms with Crippen molar-refractivity contribution in [3.63, 3.8) is 0 Å². The molecule has 0 aliphatic rings. The van der Waals surface area contributed by atoms with Crippen LogP contribution in [0.4, 0.5) is 5.69 Å². The second-order valence-electron chi connectivity index (χ2n) is 3.76. The summed E-state index contributed by atoms with van der Waals surface area (Å²) in [6.45, 7) is 4.80. The van der Waals surface area contributed by atoms with Crippen molar-refractivity contribution in [2.75, 3.05) is 24.5 Å². The van der Waals surface area contributed by atoms with Gasteiger partial charge in [0.2, 0.25) is 5.91 Å². The molecular formula is C14H17N3O. The summed E-state index contributed by atoms with van der Waals surface area (Å²) in [6.07, 6.45) is 2.03. The van der Waals surface area contributed by atoms with Crippen LogP contribution >= 0.6 is 0 Å². The number of anilines is 1. The van der Waals surface area contributed by atoms with E-state index in [-0.39, 0.29) is 12.5 Å². The van der Waals surface area contributed by atoms with E-state index in [1.165, 1.54) is 0 Å². The van der Waals surface area contributed by atoms with Gasteiger partial charge < -0.3 is 10.2 Å². The minimum Gasteiger partial charge on any atom is -0.361 e. The first-order valence-electron chi connectivity index (χ1n) is 5.82. The van der Waals surface area contributed by atoms with Gasteiger partial charge in [-0.2, -0.15) is 5.26 Å². The molecular weight excluding hydrogens is 226 g/mol. The average molecular weight is 243 g/mol. The molecule has 0 saturated heterocycles. The van der Waals surface area contributed by atoms with Crippen LogP contribution in [-0.4, -0.2) is 25.5 Å². The number of para-hydroxylation sites is 1. The number of nitrogens with one attached hydrogen (secondary N) is 1. The van der Waals surface area contributed by atoms with E-state index in [9.17, 15) is 4.79 Å². The van der Waals surface area contributed by atoms with Gasteiger partial charge in [-0.3, -0.25) is 4.79 Å². The lowest BCUT2D eigenvalue weighted by molar-refractivity contribution is -0.119. The monoisotopic (exact) mass is 243 g/mol. The topological polar surface area (TPSA) is 56.1 Å². The fourth-order valence-corrected chi connectivity index (χ4v) is 1.54. The molecule has 0 fully saturated rings. The zero-order chi connectivity index (χ0) is 13.2. The molecule has 1 amide bonds. The molecule has 0 aromatic heterocycles. The summed E-state index contributed by atoms with van der Waals surface area (Å²) >= 11 is 0. The Bertz CT molecular complexity index is 422. The second-order valence-corrected chi connectivity index (χ2v) is 3.76. The molecule has 0 heterocycles. The molecule has 0 radical (unpaired) electrons. The Balaban J connectivity index is 2.64. The van der Waals surface area contributed by atoms with Crippen LogP contribution in [-0.2, 0) is 4.79 Å². The number of rotatable bonds is 7. The van der Waals surface area contributed by atoms with Gasteiger partial charge in [-0.1, -0.05) is 24.3 Å². The van der Waals surface area contributed by atoms with Crippen LogP contribution in [0.2, 0.25) is 0 Å². The van der Waals surface area contributed by atoms with E-state index in [2.05, 4.69) is 18.0 Å². The highest BCUT2D eigenvalue weighted by Crippen LogP contribution is 2.12. The number of carbonyl (C=O) groups excluding carboxylic acids is 1. The lowest BCUT2D eigenvalue weighted by Gasteiger charge is -2.23. The summed E-state index contributed by atoms with van der Waals surface area (Å²) in [6, 6.07) is 11.7. The van der Waals surface area contributed by atoms with Crippen LogP contribution in [0.5, 0.6) is 0 Å². The maximum Gasteiger partial charge on any atom is 0.239 e. The Kier molecular flexibility index (Phi) is 6.05. The molecule has 0 unspecified atom stereocenters. The van der Waals surface area contributed by atoms with E-state index in [0.29, 0.717) is 19.5 Å². The molecule has 1 aromatic rings. The summed E-state index contributed by atoms with van der Waals surface area (Å²) in [5.74, 6) is -0.0725. The molecule has 0 spiro atoms. The van der Waals surface area contributed by atoms with Gasteiger partial charge in [-0.05, 0) is 12.1 Å². The van der Waals surface area contributed by atoms with Gasteiger partial charge in [0, 0.05) is 18.8 Å². The molecule has 1 aromatic carbocycles. The van der Waals surface area contributed by atoms with Crippen molar-refractivity contribution in [1.29, 1.82) is 5.26 Å². The first-order chi connectivity index (χ1) is 8.77. The van der Waals surface area contributed by atoms with Crippen molar-refractivity contribution < 1.29 is 4.79 Å². The molecule has 0 aliphatic carbocycles. The molecule has 94 valence electrons. The van der Waals surface area contributed by atoms with Crippen LogP contribution in [0.1, 0.15) is 6.42 Å². The zero-order valence-electron chi connectivity index (χ0n) is 10.3. The molecule has 0 bridgehead atoms. The van der Waals surface area contributed by atoms with Crippen molar-refractivity contribution in [2.24, 2.45) is 0 Å². The highest BCUT2D eigenvalue weighted by atomic mass is 16.2. The molecule has 4 heteroatoms. The largest absolute Gasteiger partial charge is 0.361 e. The number of benzene rings is 1. The number of hydrogen-bond donors (Lipinski definition) is 1. The van der Waals surface area contributed by atoms with Gasteiger partial charge in [0.15, 0.2) is 0 Å². The Hall–Kier alpha value is -2.28. The summed E-state index contributed by atoms with van der Waals surface area (Å²) in [5.41, 5.74) is 0.946.